The monoisotopic (exact) mass is 354 g/mol. The molecular weight excluding hydrogens is 336 g/mol. The molecule has 0 N–H and O–H groups in total. The van der Waals surface area contributed by atoms with E-state index in [-0.39, 0.29) is 0 Å². The van der Waals surface area contributed by atoms with Crippen molar-refractivity contribution in [2.45, 2.75) is 19.1 Å². The largest absolute Gasteiger partial charge is 0.471 e. The first kappa shape index (κ1) is 18.0. The van der Waals surface area contributed by atoms with Gasteiger partial charge in [0, 0.05) is 17.2 Å². The Morgan fingerprint density at radius 1 is 0.667 bits per heavy atom. The first-order valence-corrected chi connectivity index (χ1v) is 8.53. The summed E-state index contributed by atoms with van der Waals surface area (Å²) in [5.74, 6) is 1.04. The Morgan fingerprint density at radius 2 is 1.07 bits per heavy atom. The highest BCUT2D eigenvalue weighted by Gasteiger charge is 2.15. The summed E-state index contributed by atoms with van der Waals surface area (Å²) in [6, 6.07) is 28.4. The number of nitriles is 2. The molecule has 0 radical (unpaired) electrons. The predicted molar refractivity (Wildman–Crippen MR) is 102 cm³/mol. The van der Waals surface area contributed by atoms with E-state index in [1.807, 2.05) is 79.7 Å². The number of ether oxygens (including phenoxy) is 2. The van der Waals surface area contributed by atoms with Gasteiger partial charge in [-0.15, -0.1) is 0 Å². The molecule has 3 aromatic rings. The van der Waals surface area contributed by atoms with Crippen LogP contribution in [0, 0.1) is 29.6 Å². The molecule has 0 saturated heterocycles. The average molecular weight is 354 g/mol. The van der Waals surface area contributed by atoms with Gasteiger partial charge in [-0.05, 0) is 24.6 Å². The molecule has 0 aromatic heterocycles. The van der Waals surface area contributed by atoms with Crippen LogP contribution in [0.5, 0.6) is 11.5 Å². The second kappa shape index (κ2) is 8.56. The fraction of sp³-hybridized carbons (Fsp3) is 0.130. The third kappa shape index (κ3) is 4.66. The van der Waals surface area contributed by atoms with E-state index in [1.54, 1.807) is 6.07 Å². The Kier molecular flexibility index (Phi) is 5.72. The Hall–Kier alpha value is -3.76. The van der Waals surface area contributed by atoms with Gasteiger partial charge >= 0.3 is 0 Å². The summed E-state index contributed by atoms with van der Waals surface area (Å²) >= 11 is 0. The van der Waals surface area contributed by atoms with E-state index in [0.29, 0.717) is 11.5 Å². The van der Waals surface area contributed by atoms with Crippen LogP contribution < -0.4 is 9.47 Å². The molecule has 0 saturated carbocycles. The van der Waals surface area contributed by atoms with Crippen LogP contribution in [-0.4, -0.2) is 0 Å². The second-order valence-corrected chi connectivity index (χ2v) is 6.06. The van der Waals surface area contributed by atoms with E-state index in [0.717, 1.165) is 16.7 Å². The Morgan fingerprint density at radius 3 is 1.44 bits per heavy atom. The number of nitrogens with zero attached hydrogens (tertiary/aromatic N) is 2. The van der Waals surface area contributed by atoms with Crippen molar-refractivity contribution in [3.63, 3.8) is 0 Å². The van der Waals surface area contributed by atoms with Gasteiger partial charge in [-0.25, -0.2) is 0 Å². The lowest BCUT2D eigenvalue weighted by atomic mass is 10.1. The normalized spacial score (nSPS) is 12.3. The zero-order valence-electron chi connectivity index (χ0n) is 14.9. The van der Waals surface area contributed by atoms with E-state index in [9.17, 15) is 10.5 Å². The molecule has 0 heterocycles. The van der Waals surface area contributed by atoms with Crippen LogP contribution in [0.1, 0.15) is 28.9 Å². The van der Waals surface area contributed by atoms with Crippen molar-refractivity contribution < 1.29 is 9.47 Å². The lowest BCUT2D eigenvalue weighted by molar-refractivity contribution is 0.247. The lowest BCUT2D eigenvalue weighted by Crippen LogP contribution is -2.07. The Balaban J connectivity index is 1.82. The van der Waals surface area contributed by atoms with Gasteiger partial charge in [-0.1, -0.05) is 60.7 Å². The number of aryl methyl sites for hydroxylation is 1. The van der Waals surface area contributed by atoms with E-state index >= 15 is 0 Å². The SMILES string of the molecule is Cc1cc(OC(C#N)c2ccccc2)cc(OC(C#N)c2ccccc2)c1. The van der Waals surface area contributed by atoms with Gasteiger partial charge < -0.3 is 9.47 Å². The molecule has 0 amide bonds. The molecule has 0 aliphatic rings. The highest BCUT2D eigenvalue weighted by atomic mass is 16.5. The smallest absolute Gasteiger partial charge is 0.209 e. The van der Waals surface area contributed by atoms with E-state index in [2.05, 4.69) is 12.1 Å². The van der Waals surface area contributed by atoms with Crippen LogP contribution in [0.4, 0.5) is 0 Å². The van der Waals surface area contributed by atoms with E-state index < -0.39 is 12.2 Å². The molecular formula is C23H18N2O2. The van der Waals surface area contributed by atoms with Gasteiger partial charge in [0.2, 0.25) is 12.2 Å². The summed E-state index contributed by atoms with van der Waals surface area (Å²) in [7, 11) is 0. The van der Waals surface area contributed by atoms with Crippen molar-refractivity contribution in [2.24, 2.45) is 0 Å². The third-order valence-corrected chi connectivity index (χ3v) is 3.97. The van der Waals surface area contributed by atoms with Crippen molar-refractivity contribution in [1.29, 1.82) is 10.5 Å². The predicted octanol–water partition coefficient (Wildman–Crippen LogP) is 5.28. The Bertz CT molecular complexity index is 895. The lowest BCUT2D eigenvalue weighted by Gasteiger charge is -2.17. The molecule has 0 bridgehead atoms. The fourth-order valence-electron chi connectivity index (χ4n) is 2.72. The first-order valence-electron chi connectivity index (χ1n) is 8.53. The van der Waals surface area contributed by atoms with Gasteiger partial charge in [-0.3, -0.25) is 0 Å². The zero-order chi connectivity index (χ0) is 19.1. The molecule has 2 atom stereocenters. The van der Waals surface area contributed by atoms with Crippen molar-refractivity contribution in [1.82, 2.24) is 0 Å². The number of rotatable bonds is 6. The molecule has 3 rings (SSSR count). The van der Waals surface area contributed by atoms with Crippen LogP contribution in [0.2, 0.25) is 0 Å². The summed E-state index contributed by atoms with van der Waals surface area (Å²) in [6.07, 6.45) is -1.44. The molecule has 0 spiro atoms. The summed E-state index contributed by atoms with van der Waals surface area (Å²) < 4.78 is 11.7. The molecule has 2 unspecified atom stereocenters. The molecule has 3 aromatic carbocycles. The fourth-order valence-corrected chi connectivity index (χ4v) is 2.72. The standard InChI is InChI=1S/C23H18N2O2/c1-17-12-20(26-22(15-24)18-8-4-2-5-9-18)14-21(13-17)27-23(16-25)19-10-6-3-7-11-19/h2-14,22-23H,1H3. The van der Waals surface area contributed by atoms with Gasteiger partial charge in [0.05, 0.1) is 0 Å². The summed E-state index contributed by atoms with van der Waals surface area (Å²) in [5.41, 5.74) is 2.48. The number of hydrogen-bond donors (Lipinski definition) is 0. The maximum atomic E-state index is 9.46. The van der Waals surface area contributed by atoms with Gasteiger partial charge in [0.25, 0.3) is 0 Å². The van der Waals surface area contributed by atoms with E-state index in [4.69, 9.17) is 9.47 Å². The molecule has 132 valence electrons. The summed E-state index contributed by atoms with van der Waals surface area (Å²) in [5, 5.41) is 18.9. The molecule has 0 aliphatic carbocycles. The summed E-state index contributed by atoms with van der Waals surface area (Å²) in [4.78, 5) is 0. The van der Waals surface area contributed by atoms with Crippen LogP contribution in [0.25, 0.3) is 0 Å². The van der Waals surface area contributed by atoms with Crippen molar-refractivity contribution in [2.75, 3.05) is 0 Å². The van der Waals surface area contributed by atoms with Crippen LogP contribution in [0.3, 0.4) is 0 Å². The molecule has 4 heteroatoms. The van der Waals surface area contributed by atoms with Gasteiger partial charge in [-0.2, -0.15) is 10.5 Å². The minimum atomic E-state index is -0.721. The van der Waals surface area contributed by atoms with Gasteiger partial charge in [0.15, 0.2) is 0 Å². The molecule has 4 nitrogen and oxygen atoms in total. The highest BCUT2D eigenvalue weighted by Crippen LogP contribution is 2.30. The molecule has 0 aliphatic heterocycles. The van der Waals surface area contributed by atoms with Crippen molar-refractivity contribution in [3.05, 3.63) is 95.6 Å². The molecule has 0 fully saturated rings. The number of hydrogen-bond acceptors (Lipinski definition) is 4. The molecule has 27 heavy (non-hydrogen) atoms. The second-order valence-electron chi connectivity index (χ2n) is 6.06. The number of benzene rings is 3. The van der Waals surface area contributed by atoms with Crippen molar-refractivity contribution in [3.8, 4) is 23.6 Å². The van der Waals surface area contributed by atoms with Crippen LogP contribution in [-0.2, 0) is 0 Å². The maximum Gasteiger partial charge on any atom is 0.209 e. The third-order valence-electron chi connectivity index (χ3n) is 3.97. The van der Waals surface area contributed by atoms with E-state index in [1.165, 1.54) is 0 Å². The maximum absolute atomic E-state index is 9.46. The quantitative estimate of drug-likeness (QED) is 0.604. The minimum Gasteiger partial charge on any atom is -0.471 e. The van der Waals surface area contributed by atoms with Crippen LogP contribution >= 0.6 is 0 Å². The highest BCUT2D eigenvalue weighted by molar-refractivity contribution is 5.40. The minimum absolute atomic E-state index is 0.519. The topological polar surface area (TPSA) is 66.0 Å². The van der Waals surface area contributed by atoms with Gasteiger partial charge in [0.1, 0.15) is 23.6 Å². The first-order chi connectivity index (χ1) is 13.2. The Labute approximate surface area is 158 Å². The van der Waals surface area contributed by atoms with Crippen molar-refractivity contribution >= 4 is 0 Å². The average Bonchev–Trinajstić information content (AvgIpc) is 2.71. The van der Waals surface area contributed by atoms with Crippen LogP contribution in [0.15, 0.2) is 78.9 Å². The summed E-state index contributed by atoms with van der Waals surface area (Å²) in [6.45, 7) is 1.91. The zero-order valence-corrected chi connectivity index (χ0v) is 14.9.